The Labute approximate surface area is 137 Å². The van der Waals surface area contributed by atoms with Gasteiger partial charge in [-0.2, -0.15) is 0 Å². The Hall–Kier alpha value is -1.86. The maximum atomic E-state index is 11.7. The average molecular weight is 351 g/mol. The summed E-state index contributed by atoms with van der Waals surface area (Å²) in [5.74, 6) is 0.508. The number of halogens is 2. The van der Waals surface area contributed by atoms with Crippen molar-refractivity contribution in [2.45, 2.75) is 12.3 Å². The van der Waals surface area contributed by atoms with Gasteiger partial charge in [0.1, 0.15) is 12.4 Å². The molecular formula is C13H16Cl2N2O5. The molecule has 2 amide bonds. The highest BCUT2D eigenvalue weighted by Gasteiger charge is 2.19. The van der Waals surface area contributed by atoms with Gasteiger partial charge in [0.15, 0.2) is 0 Å². The van der Waals surface area contributed by atoms with Crippen molar-refractivity contribution in [1.82, 2.24) is 0 Å². The fourth-order valence-corrected chi connectivity index (χ4v) is 2.08. The number of hydrogen-bond donors (Lipinski definition) is 3. The van der Waals surface area contributed by atoms with Crippen molar-refractivity contribution in [3.63, 3.8) is 0 Å². The van der Waals surface area contributed by atoms with Crippen LogP contribution >= 0.6 is 23.2 Å². The molecule has 0 saturated heterocycles. The van der Waals surface area contributed by atoms with Crippen LogP contribution in [0.15, 0.2) is 12.1 Å². The summed E-state index contributed by atoms with van der Waals surface area (Å²) in [5, 5.41) is 13.1. The number of anilines is 2. The lowest BCUT2D eigenvalue weighted by molar-refractivity contribution is 0.168. The highest BCUT2D eigenvalue weighted by atomic mass is 35.5. The predicted molar refractivity (Wildman–Crippen MR) is 84.6 cm³/mol. The van der Waals surface area contributed by atoms with E-state index in [9.17, 15) is 9.59 Å². The minimum atomic E-state index is -1.26. The molecule has 0 radical (unpaired) electrons. The van der Waals surface area contributed by atoms with E-state index in [4.69, 9.17) is 37.8 Å². The molecule has 0 spiro atoms. The van der Waals surface area contributed by atoms with E-state index in [2.05, 4.69) is 10.6 Å². The van der Waals surface area contributed by atoms with Crippen LogP contribution in [0.4, 0.5) is 21.0 Å². The molecule has 0 aliphatic carbocycles. The molecule has 1 atom stereocenters. The summed E-state index contributed by atoms with van der Waals surface area (Å²) < 4.78 is 9.91. The zero-order chi connectivity index (χ0) is 16.7. The minimum Gasteiger partial charge on any atom is -0.497 e. The molecule has 22 heavy (non-hydrogen) atoms. The number of amides is 2. The van der Waals surface area contributed by atoms with Crippen LogP contribution in [0.3, 0.4) is 0 Å². The average Bonchev–Trinajstić information content (AvgIpc) is 2.43. The number of ether oxygens (including phenoxy) is 2. The fraction of sp³-hybridized carbons (Fsp3) is 0.385. The molecule has 1 aromatic carbocycles. The molecule has 0 aromatic heterocycles. The van der Waals surface area contributed by atoms with Gasteiger partial charge in [-0.15, -0.1) is 23.2 Å². The second kappa shape index (κ2) is 8.55. The summed E-state index contributed by atoms with van der Waals surface area (Å²) in [6, 6.07) is 2.99. The van der Waals surface area contributed by atoms with Gasteiger partial charge in [0.25, 0.3) is 0 Å². The number of carbonyl (C=O) groups is 2. The predicted octanol–water partition coefficient (Wildman–Crippen LogP) is 3.87. The molecule has 0 saturated carbocycles. The molecule has 3 N–H and O–H groups in total. The Morgan fingerprint density at radius 1 is 1.32 bits per heavy atom. The van der Waals surface area contributed by atoms with E-state index in [0.29, 0.717) is 11.3 Å². The van der Waals surface area contributed by atoms with Gasteiger partial charge in [-0.3, -0.25) is 10.6 Å². The molecule has 1 unspecified atom stereocenters. The summed E-state index contributed by atoms with van der Waals surface area (Å²) >= 11 is 11.5. The topological polar surface area (TPSA) is 96.9 Å². The summed E-state index contributed by atoms with van der Waals surface area (Å²) in [6.45, 7) is 1.69. The Morgan fingerprint density at radius 2 is 1.91 bits per heavy atom. The maximum Gasteiger partial charge on any atom is 0.411 e. The Kier molecular flexibility index (Phi) is 7.07. The van der Waals surface area contributed by atoms with Crippen LogP contribution in [0.2, 0.25) is 0 Å². The van der Waals surface area contributed by atoms with E-state index >= 15 is 0 Å². The van der Waals surface area contributed by atoms with Crippen LogP contribution < -0.4 is 15.4 Å². The first-order chi connectivity index (χ1) is 10.4. The molecule has 122 valence electrons. The number of carbonyl (C=O) groups excluding carboxylic acids is 1. The standard InChI is InChI=1S/C13H16Cl2N2O5/c1-7(15)11-9(16-12(18)19)5-8(21-2)6-10(11)17-13(20)22-4-3-14/h5-7,16H,3-4H2,1-2H3,(H,17,20)(H,18,19). The van der Waals surface area contributed by atoms with Crippen molar-refractivity contribution in [2.75, 3.05) is 30.2 Å². The van der Waals surface area contributed by atoms with Crippen LogP contribution in [0.5, 0.6) is 5.75 Å². The second-order valence-corrected chi connectivity index (χ2v) is 5.16. The first kappa shape index (κ1) is 18.2. The monoisotopic (exact) mass is 350 g/mol. The highest BCUT2D eigenvalue weighted by Crippen LogP contribution is 2.38. The van der Waals surface area contributed by atoms with Crippen molar-refractivity contribution in [2.24, 2.45) is 0 Å². The number of carboxylic acid groups (broad SMARTS) is 1. The van der Waals surface area contributed by atoms with Gasteiger partial charge in [-0.25, -0.2) is 9.59 Å². The van der Waals surface area contributed by atoms with E-state index in [1.807, 2.05) is 0 Å². The van der Waals surface area contributed by atoms with Crippen LogP contribution in [-0.4, -0.2) is 36.9 Å². The van der Waals surface area contributed by atoms with Crippen molar-refractivity contribution in [1.29, 1.82) is 0 Å². The Morgan fingerprint density at radius 3 is 2.36 bits per heavy atom. The molecular weight excluding hydrogens is 335 g/mol. The third-order valence-corrected chi connectivity index (χ3v) is 2.95. The molecule has 0 aliphatic rings. The first-order valence-corrected chi connectivity index (χ1v) is 7.21. The Bertz CT molecular complexity index is 551. The fourth-order valence-electron chi connectivity index (χ4n) is 1.77. The highest BCUT2D eigenvalue weighted by molar-refractivity contribution is 6.22. The van der Waals surface area contributed by atoms with Gasteiger partial charge in [0.05, 0.1) is 29.7 Å². The lowest BCUT2D eigenvalue weighted by Gasteiger charge is -2.18. The van der Waals surface area contributed by atoms with Gasteiger partial charge < -0.3 is 14.6 Å². The summed E-state index contributed by atoms with van der Waals surface area (Å²) in [4.78, 5) is 22.6. The second-order valence-electron chi connectivity index (χ2n) is 4.13. The number of hydrogen-bond acceptors (Lipinski definition) is 4. The molecule has 9 heteroatoms. The van der Waals surface area contributed by atoms with Gasteiger partial charge in [0, 0.05) is 17.7 Å². The molecule has 7 nitrogen and oxygen atoms in total. The zero-order valence-electron chi connectivity index (χ0n) is 12.0. The summed E-state index contributed by atoms with van der Waals surface area (Å²) in [5.41, 5.74) is 0.889. The van der Waals surface area contributed by atoms with Crippen LogP contribution in [0.1, 0.15) is 17.9 Å². The number of nitrogens with one attached hydrogen (secondary N) is 2. The minimum absolute atomic E-state index is 0.0450. The molecule has 0 heterocycles. The number of benzene rings is 1. The van der Waals surface area contributed by atoms with Crippen molar-refractivity contribution in [3.8, 4) is 5.75 Å². The van der Waals surface area contributed by atoms with Crippen molar-refractivity contribution >= 4 is 46.8 Å². The van der Waals surface area contributed by atoms with E-state index in [1.165, 1.54) is 19.2 Å². The molecule has 0 fully saturated rings. The maximum absolute atomic E-state index is 11.7. The third-order valence-electron chi connectivity index (χ3n) is 2.58. The van der Waals surface area contributed by atoms with E-state index in [1.54, 1.807) is 6.92 Å². The molecule has 1 aromatic rings. The summed E-state index contributed by atoms with van der Waals surface area (Å²) in [6.07, 6.45) is -1.99. The number of rotatable bonds is 6. The number of methoxy groups -OCH3 is 1. The lowest BCUT2D eigenvalue weighted by atomic mass is 10.1. The molecule has 0 bridgehead atoms. The van der Waals surface area contributed by atoms with Crippen LogP contribution in [0.25, 0.3) is 0 Å². The van der Waals surface area contributed by atoms with Crippen LogP contribution in [0, 0.1) is 0 Å². The van der Waals surface area contributed by atoms with Crippen molar-refractivity contribution in [3.05, 3.63) is 17.7 Å². The Balaban J connectivity index is 3.21. The zero-order valence-corrected chi connectivity index (χ0v) is 13.5. The van der Waals surface area contributed by atoms with Gasteiger partial charge in [-0.1, -0.05) is 0 Å². The molecule has 1 rings (SSSR count). The molecule has 0 aliphatic heterocycles. The van der Waals surface area contributed by atoms with Gasteiger partial charge in [-0.05, 0) is 6.92 Å². The quantitative estimate of drug-likeness (QED) is 0.676. The lowest BCUT2D eigenvalue weighted by Crippen LogP contribution is -2.18. The largest absolute Gasteiger partial charge is 0.497 e. The van der Waals surface area contributed by atoms with Crippen molar-refractivity contribution < 1.29 is 24.2 Å². The van der Waals surface area contributed by atoms with E-state index in [-0.39, 0.29) is 23.9 Å². The normalized spacial score (nSPS) is 11.5. The van der Waals surface area contributed by atoms with E-state index in [0.717, 1.165) is 0 Å². The number of alkyl halides is 2. The third kappa shape index (κ3) is 5.16. The van der Waals surface area contributed by atoms with Gasteiger partial charge in [0.2, 0.25) is 0 Å². The SMILES string of the molecule is COc1cc(NC(=O)O)c(C(C)Cl)c(NC(=O)OCCCl)c1. The smallest absolute Gasteiger partial charge is 0.411 e. The van der Waals surface area contributed by atoms with E-state index < -0.39 is 17.6 Å². The van der Waals surface area contributed by atoms with Gasteiger partial charge >= 0.3 is 12.2 Å². The van der Waals surface area contributed by atoms with Crippen LogP contribution in [-0.2, 0) is 4.74 Å². The first-order valence-electron chi connectivity index (χ1n) is 6.24. The summed E-state index contributed by atoms with van der Waals surface area (Å²) in [7, 11) is 1.42.